The molecule has 98 valence electrons. The number of fused-ring (bicyclic) bond motifs is 3. The van der Waals surface area contributed by atoms with Gasteiger partial charge in [-0.05, 0) is 13.0 Å². The van der Waals surface area contributed by atoms with E-state index in [9.17, 15) is 9.50 Å². The largest absolute Gasteiger partial charge is 0.387 e. The van der Waals surface area contributed by atoms with Gasteiger partial charge in [0.15, 0.2) is 0 Å². The maximum Gasteiger partial charge on any atom is 0.129 e. The highest BCUT2D eigenvalue weighted by atomic mass is 19.1. The Morgan fingerprint density at radius 1 is 1.28 bits per heavy atom. The highest BCUT2D eigenvalue weighted by Gasteiger charge is 2.37. The van der Waals surface area contributed by atoms with E-state index in [0.29, 0.717) is 5.56 Å². The Kier molecular flexibility index (Phi) is 3.09. The molecule has 3 nitrogen and oxygen atoms in total. The number of hydrogen-bond donors (Lipinski definition) is 1. The third-order valence-electron chi connectivity index (χ3n) is 4.16. The minimum atomic E-state index is -0.729. The molecule has 1 aromatic carbocycles. The lowest BCUT2D eigenvalue weighted by molar-refractivity contribution is -0.0480. The summed E-state index contributed by atoms with van der Waals surface area (Å²) in [7, 11) is 0. The fourth-order valence-corrected chi connectivity index (χ4v) is 3.05. The van der Waals surface area contributed by atoms with Crippen molar-refractivity contribution in [1.82, 2.24) is 9.80 Å². The molecule has 3 saturated heterocycles. The summed E-state index contributed by atoms with van der Waals surface area (Å²) in [5, 5.41) is 10.5. The molecule has 0 spiro atoms. The van der Waals surface area contributed by atoms with Gasteiger partial charge in [0.1, 0.15) is 5.82 Å². The summed E-state index contributed by atoms with van der Waals surface area (Å²) in [6.07, 6.45) is -0.729. The van der Waals surface area contributed by atoms with Crippen molar-refractivity contribution in [3.05, 3.63) is 35.1 Å². The Morgan fingerprint density at radius 2 is 2.00 bits per heavy atom. The first kappa shape index (κ1) is 12.1. The molecule has 3 heterocycles. The molecule has 1 N–H and O–H groups in total. The second-order valence-electron chi connectivity index (χ2n) is 5.37. The number of benzene rings is 1. The van der Waals surface area contributed by atoms with E-state index in [1.165, 1.54) is 6.07 Å². The minimum absolute atomic E-state index is 0.0313. The SMILES string of the molecule is Cc1ccc(F)c(C(O)C2CN3CCN2CC3)c1. The maximum atomic E-state index is 13.8. The van der Waals surface area contributed by atoms with Gasteiger partial charge in [0.25, 0.3) is 0 Å². The normalized spacial score (nSPS) is 32.5. The molecule has 0 aliphatic carbocycles. The molecule has 3 aliphatic heterocycles. The lowest BCUT2D eigenvalue weighted by atomic mass is 9.95. The predicted molar refractivity (Wildman–Crippen MR) is 67.9 cm³/mol. The molecule has 2 atom stereocenters. The van der Waals surface area contributed by atoms with Crippen LogP contribution in [0, 0.1) is 12.7 Å². The smallest absolute Gasteiger partial charge is 0.129 e. The van der Waals surface area contributed by atoms with Crippen LogP contribution in [-0.4, -0.2) is 53.7 Å². The molecule has 0 amide bonds. The van der Waals surface area contributed by atoms with E-state index in [4.69, 9.17) is 0 Å². The molecule has 4 rings (SSSR count). The Bertz CT molecular complexity index is 443. The lowest BCUT2D eigenvalue weighted by Crippen LogP contribution is -2.62. The molecule has 1 aromatic rings. The van der Waals surface area contributed by atoms with Gasteiger partial charge in [0.05, 0.1) is 12.1 Å². The Morgan fingerprint density at radius 3 is 2.61 bits per heavy atom. The molecule has 0 radical (unpaired) electrons. The first-order valence-corrected chi connectivity index (χ1v) is 6.55. The minimum Gasteiger partial charge on any atom is -0.387 e. The molecule has 2 unspecified atom stereocenters. The number of nitrogens with zero attached hydrogens (tertiary/aromatic N) is 2. The van der Waals surface area contributed by atoms with Gasteiger partial charge >= 0.3 is 0 Å². The van der Waals surface area contributed by atoms with Gasteiger partial charge in [0, 0.05) is 38.3 Å². The molecule has 18 heavy (non-hydrogen) atoms. The number of piperazine rings is 3. The van der Waals surface area contributed by atoms with Crippen LogP contribution in [0.5, 0.6) is 0 Å². The number of hydrogen-bond acceptors (Lipinski definition) is 3. The molecule has 3 fully saturated rings. The molecule has 0 saturated carbocycles. The van der Waals surface area contributed by atoms with E-state index in [0.717, 1.165) is 38.3 Å². The van der Waals surface area contributed by atoms with Crippen molar-refractivity contribution in [2.75, 3.05) is 32.7 Å². The first-order valence-electron chi connectivity index (χ1n) is 6.55. The summed E-state index contributed by atoms with van der Waals surface area (Å²) in [5.74, 6) is -0.300. The van der Waals surface area contributed by atoms with Crippen molar-refractivity contribution in [1.29, 1.82) is 0 Å². The third-order valence-corrected chi connectivity index (χ3v) is 4.16. The van der Waals surface area contributed by atoms with Gasteiger partial charge in [-0.3, -0.25) is 9.80 Å². The zero-order valence-corrected chi connectivity index (χ0v) is 10.6. The van der Waals surface area contributed by atoms with Crippen molar-refractivity contribution in [3.63, 3.8) is 0 Å². The van der Waals surface area contributed by atoms with Crippen LogP contribution in [0.3, 0.4) is 0 Å². The van der Waals surface area contributed by atoms with Gasteiger partial charge in [-0.1, -0.05) is 17.7 Å². The van der Waals surface area contributed by atoms with Gasteiger partial charge in [-0.15, -0.1) is 0 Å². The van der Waals surface area contributed by atoms with E-state index in [1.54, 1.807) is 12.1 Å². The summed E-state index contributed by atoms with van der Waals surface area (Å²) < 4.78 is 13.8. The van der Waals surface area contributed by atoms with Crippen LogP contribution < -0.4 is 0 Å². The van der Waals surface area contributed by atoms with Crippen molar-refractivity contribution >= 4 is 0 Å². The van der Waals surface area contributed by atoms with Crippen molar-refractivity contribution in [3.8, 4) is 0 Å². The van der Waals surface area contributed by atoms with Gasteiger partial charge in [0.2, 0.25) is 0 Å². The molecule has 0 aromatic heterocycles. The Labute approximate surface area is 107 Å². The van der Waals surface area contributed by atoms with Crippen molar-refractivity contribution < 1.29 is 9.50 Å². The highest BCUT2D eigenvalue weighted by Crippen LogP contribution is 2.29. The molecule has 4 heteroatoms. The number of halogens is 1. The van der Waals surface area contributed by atoms with Gasteiger partial charge in [-0.25, -0.2) is 4.39 Å². The summed E-state index contributed by atoms with van der Waals surface area (Å²) in [6.45, 7) is 6.87. The second kappa shape index (κ2) is 4.61. The second-order valence-corrected chi connectivity index (χ2v) is 5.37. The lowest BCUT2D eigenvalue weighted by Gasteiger charge is -2.49. The van der Waals surface area contributed by atoms with Crippen LogP contribution in [0.1, 0.15) is 17.2 Å². The van der Waals surface area contributed by atoms with Crippen LogP contribution in [0.25, 0.3) is 0 Å². The van der Waals surface area contributed by atoms with Gasteiger partial charge < -0.3 is 5.11 Å². The molecule has 2 bridgehead atoms. The van der Waals surface area contributed by atoms with E-state index in [-0.39, 0.29) is 11.9 Å². The van der Waals surface area contributed by atoms with Crippen LogP contribution in [0.15, 0.2) is 18.2 Å². The van der Waals surface area contributed by atoms with Crippen molar-refractivity contribution in [2.45, 2.75) is 19.1 Å². The maximum absolute atomic E-state index is 13.8. The summed E-state index contributed by atoms with van der Waals surface area (Å²) in [6, 6.07) is 4.98. The topological polar surface area (TPSA) is 26.7 Å². The zero-order chi connectivity index (χ0) is 12.7. The zero-order valence-electron chi connectivity index (χ0n) is 10.6. The van der Waals surface area contributed by atoms with Crippen LogP contribution in [0.4, 0.5) is 4.39 Å². The average molecular weight is 250 g/mol. The number of aliphatic hydroxyl groups excluding tert-OH is 1. The number of rotatable bonds is 2. The Balaban J connectivity index is 1.85. The average Bonchev–Trinajstić information content (AvgIpc) is 2.42. The van der Waals surface area contributed by atoms with Crippen LogP contribution in [0.2, 0.25) is 0 Å². The molecular formula is C14H19FN2O. The molecular weight excluding hydrogens is 231 g/mol. The predicted octanol–water partition coefficient (Wildman–Crippen LogP) is 1.17. The third kappa shape index (κ3) is 2.05. The van der Waals surface area contributed by atoms with Crippen molar-refractivity contribution in [2.24, 2.45) is 0 Å². The molecule has 3 aliphatic rings. The monoisotopic (exact) mass is 250 g/mol. The first-order chi connectivity index (χ1) is 8.65. The fourth-order valence-electron chi connectivity index (χ4n) is 3.05. The van der Waals surface area contributed by atoms with E-state index in [1.807, 2.05) is 6.92 Å². The van der Waals surface area contributed by atoms with E-state index >= 15 is 0 Å². The number of aliphatic hydroxyl groups is 1. The summed E-state index contributed by atoms with van der Waals surface area (Å²) in [5.41, 5.74) is 1.43. The van der Waals surface area contributed by atoms with E-state index < -0.39 is 6.10 Å². The number of aryl methyl sites for hydroxylation is 1. The van der Waals surface area contributed by atoms with E-state index in [2.05, 4.69) is 9.80 Å². The highest BCUT2D eigenvalue weighted by molar-refractivity contribution is 5.27. The van der Waals surface area contributed by atoms with Gasteiger partial charge in [-0.2, -0.15) is 0 Å². The van der Waals surface area contributed by atoms with Crippen LogP contribution in [-0.2, 0) is 0 Å². The Hall–Kier alpha value is -0.970. The summed E-state index contributed by atoms with van der Waals surface area (Å²) >= 11 is 0. The standard InChI is InChI=1S/C14H19FN2O/c1-10-2-3-12(15)11(8-10)14(18)13-9-16-4-6-17(13)7-5-16/h2-3,8,13-14,18H,4-7,9H2,1H3. The van der Waals surface area contributed by atoms with Crippen LogP contribution >= 0.6 is 0 Å². The quantitative estimate of drug-likeness (QED) is 0.853. The fraction of sp³-hybridized carbons (Fsp3) is 0.571. The summed E-state index contributed by atoms with van der Waals surface area (Å²) in [4.78, 5) is 4.63.